The first-order valence-electron chi connectivity index (χ1n) is 10.6. The van der Waals surface area contributed by atoms with Gasteiger partial charge in [0.2, 0.25) is 0 Å². The zero-order chi connectivity index (χ0) is 23.2. The van der Waals surface area contributed by atoms with Crippen molar-refractivity contribution in [3.05, 3.63) is 102 Å². The van der Waals surface area contributed by atoms with Gasteiger partial charge in [-0.2, -0.15) is 0 Å². The number of anilines is 1. The van der Waals surface area contributed by atoms with E-state index in [1.165, 1.54) is 22.4 Å². The number of nitrogens with zero attached hydrogens (tertiary/aromatic N) is 2. The van der Waals surface area contributed by atoms with Crippen LogP contribution in [0.15, 0.2) is 90.4 Å². The van der Waals surface area contributed by atoms with Gasteiger partial charge in [-0.1, -0.05) is 48.5 Å². The van der Waals surface area contributed by atoms with E-state index in [-0.39, 0.29) is 0 Å². The van der Waals surface area contributed by atoms with Gasteiger partial charge in [-0.05, 0) is 42.8 Å². The molecule has 0 atom stereocenters. The Morgan fingerprint density at radius 2 is 1.70 bits per heavy atom. The summed E-state index contributed by atoms with van der Waals surface area (Å²) < 4.78 is 7.29. The predicted octanol–water partition coefficient (Wildman–Crippen LogP) is 6.48. The molecule has 0 spiro atoms. The topological polar surface area (TPSA) is 76.9 Å². The molecule has 166 valence electrons. The third-order valence-corrected chi connectivity index (χ3v) is 5.97. The molecule has 3 N–H and O–H groups in total. The van der Waals surface area contributed by atoms with Crippen molar-refractivity contribution in [1.82, 2.24) is 9.55 Å². The number of ether oxygens (including phenoxy) is 1. The van der Waals surface area contributed by atoms with Crippen LogP contribution in [0.4, 0.5) is 5.13 Å². The SMILES string of the molecule is CC(=N)c1cn(Cc2ccccc2)c2ccccc12.COc1ccc(-c2csc(N)n2)cc1. The van der Waals surface area contributed by atoms with Crippen LogP contribution in [0, 0.1) is 5.41 Å². The molecule has 5 nitrogen and oxygen atoms in total. The first kappa shape index (κ1) is 22.3. The van der Waals surface area contributed by atoms with E-state index in [0.717, 1.165) is 34.5 Å². The molecule has 0 aliphatic carbocycles. The highest BCUT2D eigenvalue weighted by atomic mass is 32.1. The Kier molecular flexibility index (Phi) is 6.86. The van der Waals surface area contributed by atoms with Crippen LogP contribution in [-0.2, 0) is 6.54 Å². The average Bonchev–Trinajstić information content (AvgIpc) is 3.44. The fraction of sp³-hybridized carbons (Fsp3) is 0.111. The molecule has 2 heterocycles. The Hall–Kier alpha value is -3.90. The van der Waals surface area contributed by atoms with E-state index in [1.807, 2.05) is 54.8 Å². The summed E-state index contributed by atoms with van der Waals surface area (Å²) in [5, 5.41) is 11.6. The maximum absolute atomic E-state index is 7.90. The van der Waals surface area contributed by atoms with E-state index >= 15 is 0 Å². The van der Waals surface area contributed by atoms with Gasteiger partial charge >= 0.3 is 0 Å². The monoisotopic (exact) mass is 454 g/mol. The summed E-state index contributed by atoms with van der Waals surface area (Å²) in [5.41, 5.74) is 11.6. The van der Waals surface area contributed by atoms with Gasteiger partial charge in [0.25, 0.3) is 0 Å². The Bertz CT molecular complexity index is 1350. The van der Waals surface area contributed by atoms with E-state index in [9.17, 15) is 0 Å². The predicted molar refractivity (Wildman–Crippen MR) is 138 cm³/mol. The summed E-state index contributed by atoms with van der Waals surface area (Å²) in [4.78, 5) is 4.19. The number of benzene rings is 3. The summed E-state index contributed by atoms with van der Waals surface area (Å²) in [5.74, 6) is 0.844. The smallest absolute Gasteiger partial charge is 0.180 e. The number of para-hydroxylation sites is 1. The van der Waals surface area contributed by atoms with Crippen LogP contribution in [0.25, 0.3) is 22.2 Å². The minimum Gasteiger partial charge on any atom is -0.497 e. The Morgan fingerprint density at radius 1 is 1.00 bits per heavy atom. The second kappa shape index (κ2) is 10.1. The first-order valence-corrected chi connectivity index (χ1v) is 11.5. The molecule has 0 saturated carbocycles. The number of fused-ring (bicyclic) bond motifs is 1. The number of nitrogen functional groups attached to an aromatic ring is 1. The third-order valence-electron chi connectivity index (χ3n) is 5.30. The van der Waals surface area contributed by atoms with E-state index in [4.69, 9.17) is 15.9 Å². The lowest BCUT2D eigenvalue weighted by Gasteiger charge is -2.05. The van der Waals surface area contributed by atoms with Gasteiger partial charge in [0.05, 0.1) is 12.8 Å². The molecule has 0 aliphatic rings. The van der Waals surface area contributed by atoms with Crippen LogP contribution in [-0.4, -0.2) is 22.4 Å². The highest BCUT2D eigenvalue weighted by Gasteiger charge is 2.09. The lowest BCUT2D eigenvalue weighted by atomic mass is 10.1. The van der Waals surface area contributed by atoms with Crippen molar-refractivity contribution in [2.45, 2.75) is 13.5 Å². The molecular formula is C27H26N4OS. The van der Waals surface area contributed by atoms with Gasteiger partial charge in [0.1, 0.15) is 5.75 Å². The van der Waals surface area contributed by atoms with Crippen molar-refractivity contribution < 1.29 is 4.74 Å². The minimum atomic E-state index is 0.593. The number of hydrogen-bond donors (Lipinski definition) is 2. The first-order chi connectivity index (χ1) is 16.0. The molecule has 0 aliphatic heterocycles. The molecule has 5 rings (SSSR count). The zero-order valence-corrected chi connectivity index (χ0v) is 19.5. The third kappa shape index (κ3) is 5.30. The van der Waals surface area contributed by atoms with Crippen LogP contribution in [0.5, 0.6) is 5.75 Å². The number of nitrogens with two attached hydrogens (primary N) is 1. The fourth-order valence-corrected chi connectivity index (χ4v) is 4.21. The van der Waals surface area contributed by atoms with Crippen LogP contribution in [0.1, 0.15) is 18.1 Å². The van der Waals surface area contributed by atoms with E-state index in [0.29, 0.717) is 10.8 Å². The van der Waals surface area contributed by atoms with Crippen molar-refractivity contribution in [2.24, 2.45) is 0 Å². The van der Waals surface area contributed by atoms with Crippen LogP contribution < -0.4 is 10.5 Å². The second-order valence-electron chi connectivity index (χ2n) is 7.60. The van der Waals surface area contributed by atoms with Crippen LogP contribution >= 0.6 is 11.3 Å². The maximum Gasteiger partial charge on any atom is 0.180 e. The number of nitrogens with one attached hydrogen (secondary N) is 1. The van der Waals surface area contributed by atoms with Gasteiger partial charge < -0.3 is 20.4 Å². The summed E-state index contributed by atoms with van der Waals surface area (Å²) in [6.45, 7) is 2.68. The Morgan fingerprint density at radius 3 is 2.33 bits per heavy atom. The summed E-state index contributed by atoms with van der Waals surface area (Å²) in [6.07, 6.45) is 2.08. The molecule has 5 aromatic rings. The Labute approximate surface area is 197 Å². The lowest BCUT2D eigenvalue weighted by Crippen LogP contribution is -1.97. The van der Waals surface area contributed by atoms with Crippen molar-refractivity contribution >= 4 is 33.1 Å². The van der Waals surface area contributed by atoms with Crippen molar-refractivity contribution in [3.63, 3.8) is 0 Å². The summed E-state index contributed by atoms with van der Waals surface area (Å²) >= 11 is 1.44. The molecule has 0 bridgehead atoms. The Balaban J connectivity index is 0.000000165. The molecule has 0 unspecified atom stereocenters. The molecule has 0 saturated heterocycles. The van der Waals surface area contributed by atoms with Gasteiger partial charge in [-0.3, -0.25) is 0 Å². The molecular weight excluding hydrogens is 428 g/mol. The van der Waals surface area contributed by atoms with E-state index in [1.54, 1.807) is 7.11 Å². The average molecular weight is 455 g/mol. The van der Waals surface area contributed by atoms with Crippen molar-refractivity contribution in [1.29, 1.82) is 5.41 Å². The van der Waals surface area contributed by atoms with E-state index in [2.05, 4.69) is 52.1 Å². The quantitative estimate of drug-likeness (QED) is 0.298. The standard InChI is InChI=1S/C17H16N2.C10H10N2OS/c1-13(18)16-12-19(11-14-7-3-2-4-8-14)17-10-6-5-9-15(16)17;1-13-8-4-2-7(3-5-8)9-6-14-10(11)12-9/h2-10,12,18H,11H2,1H3;2-6H,1H3,(H2,11,12). The van der Waals surface area contributed by atoms with Crippen molar-refractivity contribution in [2.75, 3.05) is 12.8 Å². The number of aromatic nitrogens is 2. The van der Waals surface area contributed by atoms with Gasteiger partial charge in [0, 0.05) is 45.9 Å². The lowest BCUT2D eigenvalue weighted by molar-refractivity contribution is 0.415. The molecule has 0 amide bonds. The number of rotatable bonds is 5. The second-order valence-corrected chi connectivity index (χ2v) is 8.49. The molecule has 0 radical (unpaired) electrons. The van der Waals surface area contributed by atoms with E-state index < -0.39 is 0 Å². The largest absolute Gasteiger partial charge is 0.497 e. The van der Waals surface area contributed by atoms with Gasteiger partial charge in [-0.25, -0.2) is 4.98 Å². The maximum atomic E-state index is 7.90. The highest BCUT2D eigenvalue weighted by Crippen LogP contribution is 2.25. The molecule has 6 heteroatoms. The van der Waals surface area contributed by atoms with Crippen LogP contribution in [0.3, 0.4) is 0 Å². The number of hydrogen-bond acceptors (Lipinski definition) is 5. The highest BCUT2D eigenvalue weighted by molar-refractivity contribution is 7.13. The summed E-state index contributed by atoms with van der Waals surface area (Å²) in [6, 6.07) is 26.4. The normalized spacial score (nSPS) is 10.5. The van der Waals surface area contributed by atoms with Crippen LogP contribution in [0.2, 0.25) is 0 Å². The summed E-state index contributed by atoms with van der Waals surface area (Å²) in [7, 11) is 1.65. The molecule has 33 heavy (non-hydrogen) atoms. The minimum absolute atomic E-state index is 0.593. The van der Waals surface area contributed by atoms with Crippen molar-refractivity contribution in [3.8, 4) is 17.0 Å². The fourth-order valence-electron chi connectivity index (χ4n) is 3.64. The number of methoxy groups -OCH3 is 1. The molecule has 2 aromatic heterocycles. The van der Waals surface area contributed by atoms with Gasteiger partial charge in [0.15, 0.2) is 5.13 Å². The molecule has 0 fully saturated rings. The van der Waals surface area contributed by atoms with Gasteiger partial charge in [-0.15, -0.1) is 11.3 Å². The number of thiazole rings is 1. The molecule has 3 aromatic carbocycles. The zero-order valence-electron chi connectivity index (χ0n) is 18.7.